The molecule has 0 radical (unpaired) electrons. The SMILES string of the molecule is CC1(C)c2ccccc2-c2cnc(-n3c4[c-]c(Oc5[c-]c6c(cc5)c5cccc7c5n5c(cnc65)C(C)(C)C7(C)C)ccc4c4ccccc43)cc21.[Pt+2]. The molecule has 5 aromatic carbocycles. The van der Waals surface area contributed by atoms with Gasteiger partial charge in [-0.2, -0.15) is 6.07 Å². The zero-order valence-corrected chi connectivity index (χ0v) is 32.7. The molecular weight excluding hydrogens is 832 g/mol. The molecule has 1 aliphatic carbocycles. The number of nitrogens with zero attached hydrogens (tertiary/aromatic N) is 4. The number of ether oxygens (including phenoxy) is 1. The third kappa shape index (κ3) is 4.07. The monoisotopic (exact) mass is 867 g/mol. The smallest absolute Gasteiger partial charge is 0.503 e. The first-order chi connectivity index (χ1) is 25.1. The summed E-state index contributed by atoms with van der Waals surface area (Å²) in [5.74, 6) is 2.11. The van der Waals surface area contributed by atoms with Crippen molar-refractivity contribution in [2.75, 3.05) is 0 Å². The number of hydrogen-bond donors (Lipinski definition) is 0. The van der Waals surface area contributed by atoms with Gasteiger partial charge in [0, 0.05) is 62.4 Å². The Labute approximate surface area is 322 Å². The summed E-state index contributed by atoms with van der Waals surface area (Å²) in [7, 11) is 0. The largest absolute Gasteiger partial charge is 2.00 e. The van der Waals surface area contributed by atoms with Gasteiger partial charge >= 0.3 is 21.1 Å². The Bertz CT molecular complexity index is 3040. The molecule has 5 heterocycles. The van der Waals surface area contributed by atoms with Crippen LogP contribution in [0, 0.1) is 12.1 Å². The van der Waals surface area contributed by atoms with Gasteiger partial charge in [-0.1, -0.05) is 125 Å². The van der Waals surface area contributed by atoms with Crippen molar-refractivity contribution in [3.8, 4) is 28.4 Å². The number of benzene rings is 5. The van der Waals surface area contributed by atoms with Gasteiger partial charge in [0.1, 0.15) is 5.82 Å². The van der Waals surface area contributed by atoms with Crippen LogP contribution in [0.5, 0.6) is 11.5 Å². The molecule has 6 heteroatoms. The molecule has 11 rings (SSSR count). The molecule has 1 aliphatic heterocycles. The van der Waals surface area contributed by atoms with Gasteiger partial charge in [0.05, 0.1) is 5.65 Å². The summed E-state index contributed by atoms with van der Waals surface area (Å²) in [6.45, 7) is 14.0. The number of rotatable bonds is 3. The minimum atomic E-state index is -0.134. The van der Waals surface area contributed by atoms with E-state index in [-0.39, 0.29) is 37.3 Å². The van der Waals surface area contributed by atoms with E-state index in [9.17, 15) is 0 Å². The Hall–Kier alpha value is -5.25. The molecule has 9 aromatic rings. The normalized spacial score (nSPS) is 16.0. The number of para-hydroxylation sites is 2. The van der Waals surface area contributed by atoms with Crippen molar-refractivity contribution in [1.82, 2.24) is 18.9 Å². The van der Waals surface area contributed by atoms with Gasteiger partial charge in [-0.15, -0.1) is 29.7 Å². The van der Waals surface area contributed by atoms with E-state index in [0.29, 0.717) is 11.5 Å². The van der Waals surface area contributed by atoms with E-state index in [1.54, 1.807) is 0 Å². The van der Waals surface area contributed by atoms with Gasteiger partial charge in [0.15, 0.2) is 0 Å². The number of hydrogen-bond acceptors (Lipinski definition) is 3. The van der Waals surface area contributed by atoms with Crippen LogP contribution in [0.25, 0.3) is 66.1 Å². The Balaban J connectivity index is 0.00000349. The molecule has 0 atom stereocenters. The molecular formula is C47H36N4OPt. The maximum atomic E-state index is 6.63. The average Bonchev–Trinajstić information content (AvgIpc) is 3.81. The molecule has 260 valence electrons. The predicted molar refractivity (Wildman–Crippen MR) is 210 cm³/mol. The summed E-state index contributed by atoms with van der Waals surface area (Å²) in [4.78, 5) is 10.1. The summed E-state index contributed by atoms with van der Waals surface area (Å²) in [5.41, 5.74) is 11.5. The molecule has 0 fully saturated rings. The van der Waals surface area contributed by atoms with Crippen molar-refractivity contribution in [1.29, 1.82) is 0 Å². The van der Waals surface area contributed by atoms with Gasteiger partial charge in [0.25, 0.3) is 0 Å². The zero-order chi connectivity index (χ0) is 35.3. The first-order valence-corrected chi connectivity index (χ1v) is 18.1. The maximum absolute atomic E-state index is 6.63. The number of fused-ring (bicyclic) bond motifs is 9. The fourth-order valence-corrected chi connectivity index (χ4v) is 9.29. The molecule has 0 saturated carbocycles. The number of pyridine rings is 2. The van der Waals surface area contributed by atoms with E-state index in [1.165, 1.54) is 44.4 Å². The van der Waals surface area contributed by atoms with Gasteiger partial charge < -0.3 is 13.7 Å². The van der Waals surface area contributed by atoms with E-state index in [4.69, 9.17) is 14.7 Å². The van der Waals surface area contributed by atoms with Crippen LogP contribution in [0.4, 0.5) is 0 Å². The molecule has 2 aliphatic rings. The van der Waals surface area contributed by atoms with Crippen molar-refractivity contribution in [2.24, 2.45) is 0 Å². The molecule has 0 amide bonds. The van der Waals surface area contributed by atoms with E-state index < -0.39 is 0 Å². The van der Waals surface area contributed by atoms with E-state index in [0.717, 1.165) is 44.0 Å². The van der Waals surface area contributed by atoms with Crippen LogP contribution in [-0.4, -0.2) is 18.9 Å². The topological polar surface area (TPSA) is 44.4 Å². The van der Waals surface area contributed by atoms with Crippen LogP contribution in [-0.2, 0) is 37.3 Å². The van der Waals surface area contributed by atoms with Crippen molar-refractivity contribution in [3.05, 3.63) is 144 Å². The second-order valence-corrected chi connectivity index (χ2v) is 16.2. The fraction of sp³-hybridized carbons (Fsp3) is 0.191. The molecule has 0 unspecified atom stereocenters. The second kappa shape index (κ2) is 10.7. The third-order valence-electron chi connectivity index (χ3n) is 12.8. The Kier molecular flexibility index (Phi) is 6.52. The predicted octanol–water partition coefficient (Wildman–Crippen LogP) is 11.4. The maximum Gasteiger partial charge on any atom is 2.00 e. The first kappa shape index (κ1) is 32.4. The number of aromatic nitrogens is 4. The van der Waals surface area contributed by atoms with Gasteiger partial charge in [-0.3, -0.25) is 4.98 Å². The van der Waals surface area contributed by atoms with Crippen LogP contribution in [0.1, 0.15) is 63.9 Å². The molecule has 5 nitrogen and oxygen atoms in total. The quantitative estimate of drug-likeness (QED) is 0.131. The van der Waals surface area contributed by atoms with Crippen molar-refractivity contribution in [3.63, 3.8) is 0 Å². The van der Waals surface area contributed by atoms with Crippen LogP contribution >= 0.6 is 0 Å². The zero-order valence-electron chi connectivity index (χ0n) is 30.4. The molecule has 0 bridgehead atoms. The summed E-state index contributed by atoms with van der Waals surface area (Å²) in [6.07, 6.45) is 4.10. The summed E-state index contributed by atoms with van der Waals surface area (Å²) < 4.78 is 11.2. The summed E-state index contributed by atoms with van der Waals surface area (Å²) in [6, 6.07) is 41.8. The van der Waals surface area contributed by atoms with Gasteiger partial charge in [-0.05, 0) is 45.2 Å². The van der Waals surface area contributed by atoms with Crippen LogP contribution in [0.15, 0.2) is 109 Å². The van der Waals surface area contributed by atoms with Crippen molar-refractivity contribution < 1.29 is 25.8 Å². The summed E-state index contributed by atoms with van der Waals surface area (Å²) >= 11 is 0. The Morgan fingerprint density at radius 1 is 0.604 bits per heavy atom. The average molecular weight is 868 g/mol. The Morgan fingerprint density at radius 3 is 2.17 bits per heavy atom. The second-order valence-electron chi connectivity index (χ2n) is 16.2. The molecule has 4 aromatic heterocycles. The molecule has 0 N–H and O–H groups in total. The van der Waals surface area contributed by atoms with Gasteiger partial charge in [0.2, 0.25) is 0 Å². The van der Waals surface area contributed by atoms with Crippen molar-refractivity contribution in [2.45, 2.75) is 57.8 Å². The summed E-state index contributed by atoms with van der Waals surface area (Å²) in [5, 5.41) is 5.53. The standard InChI is InChI=1S/C47H36N4O.Pt/c1-45(2)36-15-9-7-12-30(36)35-25-48-42(24-38(35)45)50-39-17-10-8-13-31(39)32-21-19-28(23-40(32)50)52-27-18-20-29-33-14-11-16-37-43(33)51-41(47(5,6)46(37,3)4)26-49-44(51)34(29)22-27;/h7-21,24-26H,1-6H3;/q-2;+2. The van der Waals surface area contributed by atoms with Crippen LogP contribution in [0.3, 0.4) is 0 Å². The Morgan fingerprint density at radius 2 is 1.32 bits per heavy atom. The molecule has 0 spiro atoms. The van der Waals surface area contributed by atoms with Crippen LogP contribution in [0.2, 0.25) is 0 Å². The van der Waals surface area contributed by atoms with E-state index in [1.807, 2.05) is 18.3 Å². The van der Waals surface area contributed by atoms with Crippen molar-refractivity contribution >= 4 is 49.1 Å². The third-order valence-corrected chi connectivity index (χ3v) is 12.8. The van der Waals surface area contributed by atoms with Gasteiger partial charge in [-0.25, -0.2) is 4.98 Å². The molecule has 0 saturated heterocycles. The first-order valence-electron chi connectivity index (χ1n) is 18.1. The molecule has 53 heavy (non-hydrogen) atoms. The van der Waals surface area contributed by atoms with Crippen LogP contribution < -0.4 is 4.74 Å². The number of imidazole rings is 1. The minimum absolute atomic E-state index is 0. The fourth-order valence-electron chi connectivity index (χ4n) is 9.29. The van der Waals surface area contributed by atoms with E-state index >= 15 is 0 Å². The minimum Gasteiger partial charge on any atom is -0.503 e. The van der Waals surface area contributed by atoms with E-state index in [2.05, 4.69) is 154 Å².